The Morgan fingerprint density at radius 1 is 0.677 bits per heavy atom. The molecule has 3 nitrogen and oxygen atoms in total. The van der Waals surface area contributed by atoms with Gasteiger partial charge in [-0.25, -0.2) is 4.79 Å². The first-order chi connectivity index (χ1) is 15.1. The average Bonchev–Trinajstić information content (AvgIpc) is 2.71. The zero-order chi connectivity index (χ0) is 21.1. The molecule has 3 heteroatoms. The predicted octanol–water partition coefficient (Wildman–Crippen LogP) is 6.39. The van der Waals surface area contributed by atoms with Gasteiger partial charge in [0.15, 0.2) is 5.78 Å². The van der Waals surface area contributed by atoms with Crippen LogP contribution in [-0.2, 0) is 4.79 Å². The molecule has 0 aromatic heterocycles. The Balaban J connectivity index is 1.36. The van der Waals surface area contributed by atoms with E-state index in [0.29, 0.717) is 5.56 Å². The first-order valence-corrected chi connectivity index (χ1v) is 10.1. The Hall–Kier alpha value is -4.24. The normalized spacial score (nSPS) is 13.7. The van der Waals surface area contributed by atoms with E-state index in [1.807, 2.05) is 18.2 Å². The largest absolute Gasteiger partial charge is 0.478 e. The van der Waals surface area contributed by atoms with Gasteiger partial charge in [-0.15, -0.1) is 0 Å². The van der Waals surface area contributed by atoms with Crippen LogP contribution in [0.2, 0.25) is 0 Å². The topological polar surface area (TPSA) is 54.4 Å². The van der Waals surface area contributed by atoms with Gasteiger partial charge in [0.05, 0.1) is 0 Å². The van der Waals surface area contributed by atoms with Crippen molar-refractivity contribution in [2.24, 2.45) is 0 Å². The van der Waals surface area contributed by atoms with Crippen LogP contribution in [0.5, 0.6) is 0 Å². The summed E-state index contributed by atoms with van der Waals surface area (Å²) in [6, 6.07) is 14.3. The first kappa shape index (κ1) is 17.6. The van der Waals surface area contributed by atoms with Crippen LogP contribution in [-0.4, -0.2) is 16.9 Å². The summed E-state index contributed by atoms with van der Waals surface area (Å²) >= 11 is 0. The van der Waals surface area contributed by atoms with Crippen molar-refractivity contribution in [3.8, 4) is 0 Å². The highest BCUT2D eigenvalue weighted by atomic mass is 16.4. The molecule has 0 heterocycles. The maximum absolute atomic E-state index is 13.0. The molecule has 0 aliphatic heterocycles. The number of ketones is 1. The van der Waals surface area contributed by atoms with Gasteiger partial charge in [-0.2, -0.15) is 0 Å². The van der Waals surface area contributed by atoms with Crippen molar-refractivity contribution in [1.29, 1.82) is 0 Å². The zero-order valence-electron chi connectivity index (χ0n) is 16.4. The number of aliphatic carboxylic acids is 1. The van der Waals surface area contributed by atoms with Crippen molar-refractivity contribution in [2.45, 2.75) is 0 Å². The molecule has 5 aromatic carbocycles. The summed E-state index contributed by atoms with van der Waals surface area (Å²) in [5.74, 6) is -1.06. The quantitative estimate of drug-likeness (QED) is 0.269. The number of hydrogen-bond acceptors (Lipinski definition) is 2. The molecule has 0 atom stereocenters. The van der Waals surface area contributed by atoms with E-state index in [-0.39, 0.29) is 5.78 Å². The average molecular weight is 400 g/mol. The number of fused-ring (bicyclic) bond motifs is 4. The lowest BCUT2D eigenvalue weighted by Crippen LogP contribution is -2.05. The van der Waals surface area contributed by atoms with Gasteiger partial charge in [-0.05, 0) is 79.2 Å². The summed E-state index contributed by atoms with van der Waals surface area (Å²) in [5, 5.41) is 13.8. The van der Waals surface area contributed by atoms with Crippen LogP contribution in [0, 0.1) is 0 Å². The number of benzene rings is 5. The van der Waals surface area contributed by atoms with Crippen molar-refractivity contribution in [3.05, 3.63) is 93.6 Å². The van der Waals surface area contributed by atoms with Crippen LogP contribution < -0.4 is 0 Å². The molecule has 5 aromatic rings. The Morgan fingerprint density at radius 2 is 1.32 bits per heavy atom. The Kier molecular flexibility index (Phi) is 3.62. The van der Waals surface area contributed by atoms with Crippen molar-refractivity contribution >= 4 is 69.8 Å². The van der Waals surface area contributed by atoms with Gasteiger partial charge >= 0.3 is 5.97 Å². The highest BCUT2D eigenvalue weighted by Crippen LogP contribution is 2.40. The molecular formula is C28H16O3. The van der Waals surface area contributed by atoms with Crippen LogP contribution in [0.4, 0.5) is 0 Å². The maximum atomic E-state index is 13.0. The SMILES string of the molecule is O=C(O)/C=C/c1ccc(C(=O)/C=C/c2cc3c4ccc(cc4)c3c3c2C=C3)c2c1C=C2. The summed E-state index contributed by atoms with van der Waals surface area (Å²) in [6.45, 7) is 0. The fourth-order valence-corrected chi connectivity index (χ4v) is 4.53. The number of hydrogen-bond donors (Lipinski definition) is 1. The number of carbonyl (C=O) groups is 2. The van der Waals surface area contributed by atoms with E-state index in [1.165, 1.54) is 32.7 Å². The van der Waals surface area contributed by atoms with E-state index in [1.54, 1.807) is 24.3 Å². The van der Waals surface area contributed by atoms with E-state index >= 15 is 0 Å². The van der Waals surface area contributed by atoms with Crippen molar-refractivity contribution in [2.75, 3.05) is 0 Å². The third-order valence-corrected chi connectivity index (χ3v) is 6.16. The molecule has 0 saturated heterocycles. The van der Waals surface area contributed by atoms with Gasteiger partial charge in [-0.1, -0.05) is 60.7 Å². The number of rotatable bonds is 5. The van der Waals surface area contributed by atoms with Crippen LogP contribution in [0.15, 0.2) is 54.6 Å². The minimum Gasteiger partial charge on any atom is -0.478 e. The molecule has 0 unspecified atom stereocenters. The second kappa shape index (κ2) is 6.38. The second-order valence-corrected chi connectivity index (χ2v) is 7.86. The van der Waals surface area contributed by atoms with E-state index < -0.39 is 5.97 Å². The van der Waals surface area contributed by atoms with Gasteiger partial charge in [0.2, 0.25) is 0 Å². The molecule has 2 bridgehead atoms. The highest BCUT2D eigenvalue weighted by Gasteiger charge is 2.19. The number of carbonyl (C=O) groups excluding carboxylic acids is 1. The number of allylic oxidation sites excluding steroid dienone is 1. The Bertz CT molecular complexity index is 1540. The first-order valence-electron chi connectivity index (χ1n) is 10.1. The predicted molar refractivity (Wildman–Crippen MR) is 127 cm³/mol. The van der Waals surface area contributed by atoms with Crippen molar-refractivity contribution < 1.29 is 14.7 Å². The van der Waals surface area contributed by atoms with E-state index in [2.05, 4.69) is 42.5 Å². The molecule has 31 heavy (non-hydrogen) atoms. The van der Waals surface area contributed by atoms with Gasteiger partial charge in [0.25, 0.3) is 0 Å². The van der Waals surface area contributed by atoms with Crippen LogP contribution in [0.3, 0.4) is 0 Å². The fourth-order valence-electron chi connectivity index (χ4n) is 4.53. The van der Waals surface area contributed by atoms with Gasteiger partial charge in [0.1, 0.15) is 0 Å². The van der Waals surface area contributed by atoms with E-state index in [4.69, 9.17) is 5.11 Å². The minimum absolute atomic E-state index is 0.0625. The molecule has 2 aliphatic carbocycles. The second-order valence-electron chi connectivity index (χ2n) is 7.86. The van der Waals surface area contributed by atoms with Crippen molar-refractivity contribution in [3.63, 3.8) is 0 Å². The van der Waals surface area contributed by atoms with E-state index in [0.717, 1.165) is 28.3 Å². The third-order valence-electron chi connectivity index (χ3n) is 6.16. The fraction of sp³-hybridized carbons (Fsp3) is 0. The monoisotopic (exact) mass is 400 g/mol. The van der Waals surface area contributed by atoms with Gasteiger partial charge < -0.3 is 5.11 Å². The third kappa shape index (κ3) is 2.60. The van der Waals surface area contributed by atoms with Gasteiger partial charge in [0, 0.05) is 11.6 Å². The van der Waals surface area contributed by atoms with Crippen LogP contribution in [0.1, 0.15) is 43.7 Å². The Morgan fingerprint density at radius 3 is 2.00 bits per heavy atom. The lowest BCUT2D eigenvalue weighted by Gasteiger charge is -2.20. The summed E-state index contributed by atoms with van der Waals surface area (Å²) in [5.41, 5.74) is 6.65. The number of carboxylic acid groups (broad SMARTS) is 1. The van der Waals surface area contributed by atoms with Gasteiger partial charge in [-0.3, -0.25) is 4.79 Å². The molecular weight excluding hydrogens is 384 g/mol. The summed E-state index contributed by atoms with van der Waals surface area (Å²) < 4.78 is 0. The molecule has 146 valence electrons. The number of carboxylic acids is 1. The van der Waals surface area contributed by atoms with E-state index in [9.17, 15) is 9.59 Å². The van der Waals surface area contributed by atoms with Crippen molar-refractivity contribution in [1.82, 2.24) is 0 Å². The summed E-state index contributed by atoms with van der Waals surface area (Å²) in [4.78, 5) is 23.7. The smallest absolute Gasteiger partial charge is 0.328 e. The summed E-state index contributed by atoms with van der Waals surface area (Å²) in [7, 11) is 0. The lowest BCUT2D eigenvalue weighted by atomic mass is 9.83. The minimum atomic E-state index is -0.994. The standard InChI is InChI=1S/C28H16O3/c29-26(23-8-5-16(7-14-27(30)31)20-9-11-22(20)23)13-6-19-15-25-17-1-3-18(4-2-17)28(25)24-12-10-21(19)24/h1-15H,(H,30,31)/b13-6+,14-7+. The molecule has 2 aliphatic rings. The molecule has 0 radical (unpaired) electrons. The van der Waals surface area contributed by atoms with Crippen LogP contribution in [0.25, 0.3) is 58.0 Å². The molecule has 0 amide bonds. The molecule has 1 N–H and O–H groups in total. The Labute approximate surface area is 178 Å². The highest BCUT2D eigenvalue weighted by molar-refractivity contribution is 6.19. The molecule has 0 saturated carbocycles. The molecule has 0 spiro atoms. The molecule has 7 rings (SSSR count). The maximum Gasteiger partial charge on any atom is 0.328 e. The van der Waals surface area contributed by atoms with Crippen LogP contribution >= 0.6 is 0 Å². The zero-order valence-corrected chi connectivity index (χ0v) is 16.4. The summed E-state index contributed by atoms with van der Waals surface area (Å²) in [6.07, 6.45) is 14.2. The lowest BCUT2D eigenvalue weighted by molar-refractivity contribution is -0.131. The molecule has 0 fully saturated rings.